The molecule has 0 amide bonds. The van der Waals surface area contributed by atoms with Crippen LogP contribution in [0.2, 0.25) is 0 Å². The SMILES string of the molecule is CC(C)CN1CCc2nc(N3CCC(Oc4ccc(F)cc4F)CC3)c(NC(C)C)nc2C1. The van der Waals surface area contributed by atoms with E-state index in [2.05, 4.69) is 42.8 Å². The predicted molar refractivity (Wildman–Crippen MR) is 127 cm³/mol. The first-order valence-corrected chi connectivity index (χ1v) is 12.0. The van der Waals surface area contributed by atoms with Crippen LogP contribution in [0.4, 0.5) is 20.4 Å². The zero-order chi connectivity index (χ0) is 23.5. The number of fused-ring (bicyclic) bond motifs is 1. The van der Waals surface area contributed by atoms with Crippen molar-refractivity contribution in [2.75, 3.05) is 36.4 Å². The van der Waals surface area contributed by atoms with Crippen LogP contribution < -0.4 is 15.0 Å². The van der Waals surface area contributed by atoms with E-state index in [-0.39, 0.29) is 17.9 Å². The molecule has 0 radical (unpaired) electrons. The van der Waals surface area contributed by atoms with E-state index in [1.165, 1.54) is 12.1 Å². The lowest BCUT2D eigenvalue weighted by molar-refractivity contribution is 0.163. The number of halogens is 2. The number of benzene rings is 1. The lowest BCUT2D eigenvalue weighted by atomic mass is 10.1. The van der Waals surface area contributed by atoms with E-state index in [4.69, 9.17) is 14.7 Å². The van der Waals surface area contributed by atoms with Gasteiger partial charge in [0.15, 0.2) is 23.2 Å². The Bertz CT molecular complexity index is 960. The van der Waals surface area contributed by atoms with Gasteiger partial charge in [0.25, 0.3) is 0 Å². The molecule has 0 unspecified atom stereocenters. The lowest BCUT2D eigenvalue weighted by Crippen LogP contribution is -2.40. The first-order chi connectivity index (χ1) is 15.8. The number of nitrogens with zero attached hydrogens (tertiary/aromatic N) is 4. The van der Waals surface area contributed by atoms with Crippen molar-refractivity contribution in [3.8, 4) is 5.75 Å². The van der Waals surface area contributed by atoms with Gasteiger partial charge in [0.05, 0.1) is 11.4 Å². The van der Waals surface area contributed by atoms with Gasteiger partial charge in [-0.15, -0.1) is 0 Å². The number of piperidine rings is 1. The van der Waals surface area contributed by atoms with Crippen molar-refractivity contribution in [1.82, 2.24) is 14.9 Å². The molecule has 2 aliphatic heterocycles. The molecule has 2 aromatic rings. The molecule has 1 aromatic heterocycles. The second kappa shape index (κ2) is 10.2. The predicted octanol–water partition coefficient (Wildman–Crippen LogP) is 4.64. The molecule has 4 rings (SSSR count). The molecule has 180 valence electrons. The van der Waals surface area contributed by atoms with Crippen LogP contribution in [0, 0.1) is 17.6 Å². The Labute approximate surface area is 195 Å². The zero-order valence-electron chi connectivity index (χ0n) is 20.1. The Morgan fingerprint density at radius 3 is 2.48 bits per heavy atom. The monoisotopic (exact) mass is 459 g/mol. The smallest absolute Gasteiger partial charge is 0.172 e. The lowest BCUT2D eigenvalue weighted by Gasteiger charge is -2.35. The van der Waals surface area contributed by atoms with Gasteiger partial charge in [0.1, 0.15) is 11.9 Å². The third-order valence-corrected chi connectivity index (χ3v) is 6.05. The Kier molecular flexibility index (Phi) is 7.32. The highest BCUT2D eigenvalue weighted by molar-refractivity contribution is 5.62. The molecule has 1 fully saturated rings. The number of hydrogen-bond acceptors (Lipinski definition) is 6. The molecule has 8 heteroatoms. The van der Waals surface area contributed by atoms with Crippen molar-refractivity contribution in [3.63, 3.8) is 0 Å². The van der Waals surface area contributed by atoms with Gasteiger partial charge in [-0.05, 0) is 31.9 Å². The highest BCUT2D eigenvalue weighted by Crippen LogP contribution is 2.30. The van der Waals surface area contributed by atoms with Crippen molar-refractivity contribution in [3.05, 3.63) is 41.2 Å². The minimum absolute atomic E-state index is 0.108. The molecule has 6 nitrogen and oxygen atoms in total. The number of ether oxygens (including phenoxy) is 1. The van der Waals surface area contributed by atoms with E-state index in [1.54, 1.807) is 0 Å². The van der Waals surface area contributed by atoms with Crippen molar-refractivity contribution in [2.45, 2.75) is 65.6 Å². The summed E-state index contributed by atoms with van der Waals surface area (Å²) >= 11 is 0. The molecule has 3 heterocycles. The van der Waals surface area contributed by atoms with Gasteiger partial charge in [-0.1, -0.05) is 13.8 Å². The Balaban J connectivity index is 1.47. The van der Waals surface area contributed by atoms with Crippen LogP contribution in [-0.4, -0.2) is 53.2 Å². The fourth-order valence-corrected chi connectivity index (χ4v) is 4.58. The molecular formula is C25H35F2N5O. The number of nitrogens with one attached hydrogen (secondary N) is 1. The van der Waals surface area contributed by atoms with Crippen molar-refractivity contribution in [2.24, 2.45) is 5.92 Å². The van der Waals surface area contributed by atoms with E-state index in [0.717, 1.165) is 81.1 Å². The van der Waals surface area contributed by atoms with Crippen LogP contribution in [0.15, 0.2) is 18.2 Å². The summed E-state index contributed by atoms with van der Waals surface area (Å²) in [6.07, 6.45) is 2.27. The molecule has 0 atom stereocenters. The third-order valence-electron chi connectivity index (χ3n) is 6.05. The highest BCUT2D eigenvalue weighted by Gasteiger charge is 2.28. The average molecular weight is 460 g/mol. The fraction of sp³-hybridized carbons (Fsp3) is 0.600. The molecule has 2 aliphatic rings. The average Bonchev–Trinajstić information content (AvgIpc) is 2.75. The highest BCUT2D eigenvalue weighted by atomic mass is 19.1. The van der Waals surface area contributed by atoms with E-state index in [1.807, 2.05) is 0 Å². The first kappa shape index (κ1) is 23.7. The standard InChI is InChI=1S/C25H35F2N5O/c1-16(2)14-31-10-9-21-22(15-31)29-24(28-17(3)4)25(30-21)32-11-7-19(8-12-32)33-23-6-5-18(26)13-20(23)27/h5-6,13,16-17,19H,7-12,14-15H2,1-4H3,(H,28,29). The molecule has 0 spiro atoms. The molecule has 1 N–H and O–H groups in total. The molecule has 0 aliphatic carbocycles. The third kappa shape index (κ3) is 5.91. The topological polar surface area (TPSA) is 53.5 Å². The van der Waals surface area contributed by atoms with Gasteiger partial charge >= 0.3 is 0 Å². The van der Waals surface area contributed by atoms with Crippen molar-refractivity contribution in [1.29, 1.82) is 0 Å². The van der Waals surface area contributed by atoms with Crippen LogP contribution in [0.25, 0.3) is 0 Å². The summed E-state index contributed by atoms with van der Waals surface area (Å²) in [5, 5.41) is 3.49. The van der Waals surface area contributed by atoms with Crippen molar-refractivity contribution < 1.29 is 13.5 Å². The van der Waals surface area contributed by atoms with E-state index < -0.39 is 11.6 Å². The van der Waals surface area contributed by atoms with Crippen LogP contribution in [0.3, 0.4) is 0 Å². The van der Waals surface area contributed by atoms with Crippen LogP contribution in [-0.2, 0) is 13.0 Å². The van der Waals surface area contributed by atoms with Gasteiger partial charge in [-0.2, -0.15) is 0 Å². The zero-order valence-corrected chi connectivity index (χ0v) is 20.1. The number of aromatic nitrogens is 2. The quantitative estimate of drug-likeness (QED) is 0.651. The molecule has 1 saturated heterocycles. The maximum Gasteiger partial charge on any atom is 0.172 e. The van der Waals surface area contributed by atoms with Gasteiger partial charge < -0.3 is 15.0 Å². The van der Waals surface area contributed by atoms with Gasteiger partial charge in [0, 0.05) is 64.1 Å². The Morgan fingerprint density at radius 1 is 1.06 bits per heavy atom. The van der Waals surface area contributed by atoms with Gasteiger partial charge in [-0.3, -0.25) is 4.90 Å². The normalized spacial score (nSPS) is 17.5. The summed E-state index contributed by atoms with van der Waals surface area (Å²) in [6, 6.07) is 3.69. The minimum atomic E-state index is -0.659. The minimum Gasteiger partial charge on any atom is -0.487 e. The molecule has 1 aromatic carbocycles. The number of anilines is 2. The molecule has 33 heavy (non-hydrogen) atoms. The van der Waals surface area contributed by atoms with E-state index in [9.17, 15) is 8.78 Å². The van der Waals surface area contributed by atoms with E-state index in [0.29, 0.717) is 5.92 Å². The number of hydrogen-bond donors (Lipinski definition) is 1. The second-order valence-corrected chi connectivity index (χ2v) is 9.85. The number of rotatable bonds is 7. The van der Waals surface area contributed by atoms with Crippen molar-refractivity contribution >= 4 is 11.6 Å². The van der Waals surface area contributed by atoms with E-state index >= 15 is 0 Å². The maximum atomic E-state index is 14.0. The van der Waals surface area contributed by atoms with Gasteiger partial charge in [-0.25, -0.2) is 18.7 Å². The molecule has 0 bridgehead atoms. The van der Waals surface area contributed by atoms with Crippen LogP contribution in [0.1, 0.15) is 51.9 Å². The molecule has 0 saturated carbocycles. The summed E-state index contributed by atoms with van der Waals surface area (Å²) in [5.74, 6) is 1.20. The fourth-order valence-electron chi connectivity index (χ4n) is 4.58. The summed E-state index contributed by atoms with van der Waals surface area (Å²) in [4.78, 5) is 14.8. The maximum absolute atomic E-state index is 14.0. The first-order valence-electron chi connectivity index (χ1n) is 12.0. The summed E-state index contributed by atoms with van der Waals surface area (Å²) in [6.45, 7) is 13.1. The molecular weight excluding hydrogens is 424 g/mol. The van der Waals surface area contributed by atoms with Gasteiger partial charge in [0.2, 0.25) is 0 Å². The summed E-state index contributed by atoms with van der Waals surface area (Å²) < 4.78 is 33.0. The van der Waals surface area contributed by atoms with Crippen LogP contribution >= 0.6 is 0 Å². The Hall–Kier alpha value is -2.48. The largest absolute Gasteiger partial charge is 0.487 e. The summed E-state index contributed by atoms with van der Waals surface area (Å²) in [7, 11) is 0. The second-order valence-electron chi connectivity index (χ2n) is 9.85. The van der Waals surface area contributed by atoms with Crippen LogP contribution in [0.5, 0.6) is 5.75 Å². The Morgan fingerprint density at radius 2 is 1.82 bits per heavy atom. The summed E-state index contributed by atoms with van der Waals surface area (Å²) in [5.41, 5.74) is 2.16.